The van der Waals surface area contributed by atoms with Gasteiger partial charge in [-0.3, -0.25) is 0 Å². The molecule has 2 saturated heterocycles. The zero-order chi connectivity index (χ0) is 28.7. The highest BCUT2D eigenvalue weighted by molar-refractivity contribution is 7.62. The molecule has 2 aliphatic heterocycles. The van der Waals surface area contributed by atoms with E-state index in [0.29, 0.717) is 19.3 Å². The second kappa shape index (κ2) is 11.3. The van der Waals surface area contributed by atoms with Crippen molar-refractivity contribution in [1.82, 2.24) is 9.34 Å². The third-order valence-corrected chi connectivity index (χ3v) is 16.4. The molecule has 0 bridgehead atoms. The number of nitrogens with zero attached hydrogens (tertiary/aromatic N) is 2. The van der Waals surface area contributed by atoms with Crippen LogP contribution < -0.4 is 0 Å². The summed E-state index contributed by atoms with van der Waals surface area (Å²) >= 11 is 0. The van der Waals surface area contributed by atoms with E-state index < -0.39 is 14.6 Å². The molecular formula is C36H38N2O2P2. The summed E-state index contributed by atoms with van der Waals surface area (Å²) < 4.78 is 34.9. The number of fused-ring (bicyclic) bond motifs is 2. The van der Waals surface area contributed by atoms with Gasteiger partial charge < -0.3 is 9.13 Å². The maximum atomic E-state index is 15.6. The van der Waals surface area contributed by atoms with Crippen LogP contribution in [0.3, 0.4) is 0 Å². The highest BCUT2D eigenvalue weighted by Gasteiger charge is 2.57. The van der Waals surface area contributed by atoms with E-state index in [9.17, 15) is 4.57 Å². The lowest BCUT2D eigenvalue weighted by molar-refractivity contribution is 0.252. The molecule has 0 N–H and O–H groups in total. The molecule has 7 rings (SSSR count). The van der Waals surface area contributed by atoms with Crippen molar-refractivity contribution >= 4 is 14.6 Å². The summed E-state index contributed by atoms with van der Waals surface area (Å²) in [7, 11) is -5.67. The van der Waals surface area contributed by atoms with Gasteiger partial charge in [-0.1, -0.05) is 140 Å². The average Bonchev–Trinajstić information content (AvgIpc) is 3.41. The molecule has 6 heteroatoms. The summed E-state index contributed by atoms with van der Waals surface area (Å²) in [5.74, 6) is 0.277. The minimum atomic E-state index is -2.93. The molecule has 4 nitrogen and oxygen atoms in total. The minimum absolute atomic E-state index is 0.0111. The van der Waals surface area contributed by atoms with Crippen molar-refractivity contribution in [3.63, 3.8) is 0 Å². The number of benzene rings is 3. The van der Waals surface area contributed by atoms with Crippen LogP contribution in [0.5, 0.6) is 0 Å². The van der Waals surface area contributed by atoms with E-state index in [1.165, 1.54) is 11.1 Å². The Morgan fingerprint density at radius 3 is 1.62 bits per heavy atom. The molecule has 8 atom stereocenters. The van der Waals surface area contributed by atoms with E-state index in [2.05, 4.69) is 113 Å². The molecular weight excluding hydrogens is 554 g/mol. The van der Waals surface area contributed by atoms with Gasteiger partial charge >= 0.3 is 0 Å². The van der Waals surface area contributed by atoms with E-state index in [1.54, 1.807) is 0 Å². The molecule has 0 amide bonds. The summed E-state index contributed by atoms with van der Waals surface area (Å²) in [6.07, 6.45) is 17.7. The van der Waals surface area contributed by atoms with E-state index in [-0.39, 0.29) is 35.2 Å². The Hall–Kier alpha value is -3.00. The van der Waals surface area contributed by atoms with Gasteiger partial charge in [-0.25, -0.2) is 9.34 Å². The van der Waals surface area contributed by atoms with Gasteiger partial charge in [-0.15, -0.1) is 0 Å². The summed E-state index contributed by atoms with van der Waals surface area (Å²) in [5, 5.41) is 0. The van der Waals surface area contributed by atoms with Gasteiger partial charge in [0, 0.05) is 49.8 Å². The summed E-state index contributed by atoms with van der Waals surface area (Å²) in [4.78, 5) is 0. The monoisotopic (exact) mass is 592 g/mol. The van der Waals surface area contributed by atoms with Crippen molar-refractivity contribution in [2.24, 2.45) is 11.8 Å². The van der Waals surface area contributed by atoms with Crippen molar-refractivity contribution in [2.75, 3.05) is 19.8 Å². The van der Waals surface area contributed by atoms with Gasteiger partial charge in [-0.05, 0) is 16.7 Å². The second-order valence-corrected chi connectivity index (χ2v) is 18.0. The molecule has 4 aliphatic rings. The van der Waals surface area contributed by atoms with Crippen molar-refractivity contribution in [1.29, 1.82) is 0 Å². The second-order valence-electron chi connectivity index (χ2n) is 12.1. The predicted octanol–water partition coefficient (Wildman–Crippen LogP) is 8.71. The summed E-state index contributed by atoms with van der Waals surface area (Å²) in [6.45, 7) is 3.15. The standard InChI is InChI=1S/C36H38N2O2P2/c1-41(39)33-23-13-11-21-31(33)35(29-17-7-3-8-18-29)37(41)25-26-38-36(30-19-9-4-10-20-30)32-22-12-14-24-34(32)42(38,40)27-28-15-5-2-6-16-28/h2-24,31-36H,25-27H2,1H3/t31-,32-,33+,34+,35+,36+,41?,42+/m0/s1. The lowest BCUT2D eigenvalue weighted by Gasteiger charge is -2.36. The van der Waals surface area contributed by atoms with E-state index in [4.69, 9.17) is 0 Å². The topological polar surface area (TPSA) is 40.6 Å². The SMILES string of the molecule is CP1(=O)[C@@H]2C=CC=C[C@@H]2[C@@H](c2ccccc2)N1CCN1[C@H](c2ccccc2)[C@H]2C=CC=C[C@H]2[P@]1(=O)Cc1ccccc1. The van der Waals surface area contributed by atoms with Crippen LogP contribution in [0.25, 0.3) is 0 Å². The van der Waals surface area contributed by atoms with Crippen LogP contribution in [0.2, 0.25) is 0 Å². The van der Waals surface area contributed by atoms with Gasteiger partial charge in [0.15, 0.2) is 14.6 Å². The van der Waals surface area contributed by atoms with Gasteiger partial charge in [0.2, 0.25) is 0 Å². The van der Waals surface area contributed by atoms with Crippen LogP contribution in [0.1, 0.15) is 28.8 Å². The van der Waals surface area contributed by atoms with E-state index in [0.717, 1.165) is 5.56 Å². The van der Waals surface area contributed by atoms with E-state index >= 15 is 4.57 Å². The van der Waals surface area contributed by atoms with Crippen molar-refractivity contribution in [3.8, 4) is 0 Å². The van der Waals surface area contributed by atoms with Crippen LogP contribution in [0.4, 0.5) is 0 Å². The Morgan fingerprint density at radius 2 is 1.02 bits per heavy atom. The molecule has 0 spiro atoms. The van der Waals surface area contributed by atoms with Crippen LogP contribution in [0.15, 0.2) is 140 Å². The third kappa shape index (κ3) is 4.70. The molecule has 0 radical (unpaired) electrons. The Labute approximate surface area is 250 Å². The molecule has 0 aromatic heterocycles. The first kappa shape index (κ1) is 27.8. The van der Waals surface area contributed by atoms with Crippen molar-refractivity contribution in [3.05, 3.63) is 156 Å². The average molecular weight is 593 g/mol. The minimum Gasteiger partial charge on any atom is -0.306 e. The van der Waals surface area contributed by atoms with Gasteiger partial charge in [0.25, 0.3) is 0 Å². The molecule has 0 saturated carbocycles. The Kier molecular flexibility index (Phi) is 7.45. The maximum Gasteiger partial charge on any atom is 0.162 e. The quantitative estimate of drug-likeness (QED) is 0.257. The molecule has 1 unspecified atom stereocenters. The third-order valence-electron chi connectivity index (χ3n) is 9.72. The molecule has 2 fully saturated rings. The number of hydrogen-bond donors (Lipinski definition) is 0. The van der Waals surface area contributed by atoms with Crippen LogP contribution in [-0.4, -0.2) is 40.4 Å². The van der Waals surface area contributed by atoms with Crippen LogP contribution in [-0.2, 0) is 15.3 Å². The largest absolute Gasteiger partial charge is 0.306 e. The lowest BCUT2D eigenvalue weighted by atomic mass is 9.87. The first-order valence-corrected chi connectivity index (χ1v) is 19.1. The number of allylic oxidation sites excluding steroid dienone is 6. The Bertz CT molecular complexity index is 1630. The molecule has 214 valence electrons. The van der Waals surface area contributed by atoms with Crippen LogP contribution >= 0.6 is 14.6 Å². The first-order chi connectivity index (χ1) is 20.5. The van der Waals surface area contributed by atoms with Gasteiger partial charge in [0.1, 0.15) is 0 Å². The fraction of sp³-hybridized carbons (Fsp3) is 0.278. The molecule has 2 heterocycles. The first-order valence-electron chi connectivity index (χ1n) is 15.0. The summed E-state index contributed by atoms with van der Waals surface area (Å²) in [6, 6.07) is 31.4. The van der Waals surface area contributed by atoms with Crippen molar-refractivity contribution in [2.45, 2.75) is 29.6 Å². The highest BCUT2D eigenvalue weighted by atomic mass is 31.2. The molecule has 2 aliphatic carbocycles. The fourth-order valence-corrected chi connectivity index (χ4v) is 14.6. The molecule has 42 heavy (non-hydrogen) atoms. The zero-order valence-electron chi connectivity index (χ0n) is 24.0. The molecule has 3 aromatic rings. The smallest absolute Gasteiger partial charge is 0.162 e. The maximum absolute atomic E-state index is 15.6. The number of rotatable bonds is 7. The van der Waals surface area contributed by atoms with Crippen LogP contribution in [0, 0.1) is 11.8 Å². The lowest BCUT2D eigenvalue weighted by Crippen LogP contribution is -2.33. The normalized spacial score (nSPS) is 35.4. The molecule has 3 aromatic carbocycles. The zero-order valence-corrected chi connectivity index (χ0v) is 25.8. The Balaban J connectivity index is 1.30. The Morgan fingerprint density at radius 1 is 0.571 bits per heavy atom. The van der Waals surface area contributed by atoms with Gasteiger partial charge in [0.05, 0.1) is 11.3 Å². The van der Waals surface area contributed by atoms with Crippen molar-refractivity contribution < 1.29 is 9.13 Å². The number of hydrogen-bond acceptors (Lipinski definition) is 2. The van der Waals surface area contributed by atoms with Gasteiger partial charge in [-0.2, -0.15) is 0 Å². The van der Waals surface area contributed by atoms with E-state index in [1.807, 2.05) is 43.1 Å². The predicted molar refractivity (Wildman–Crippen MR) is 174 cm³/mol. The fourth-order valence-electron chi connectivity index (χ4n) is 7.87. The highest BCUT2D eigenvalue weighted by Crippen LogP contribution is 2.72. The summed E-state index contributed by atoms with van der Waals surface area (Å²) in [5.41, 5.74) is 3.42.